The van der Waals surface area contributed by atoms with E-state index in [1.165, 1.54) is 18.3 Å². The zero-order valence-corrected chi connectivity index (χ0v) is 12.2. The van der Waals surface area contributed by atoms with Gasteiger partial charge in [0.1, 0.15) is 5.82 Å². The first kappa shape index (κ1) is 14.6. The number of hydrazine groups is 1. The zero-order valence-electron chi connectivity index (χ0n) is 10.6. The van der Waals surface area contributed by atoms with Gasteiger partial charge in [0.15, 0.2) is 0 Å². The van der Waals surface area contributed by atoms with Gasteiger partial charge in [-0.25, -0.2) is 19.2 Å². The SMILES string of the molecule is Cc1ccc(NS(=O)(=O)c2ccnc(NN)c2)c(Cl)c1. The Morgan fingerprint density at radius 3 is 2.65 bits per heavy atom. The van der Waals surface area contributed by atoms with Crippen molar-refractivity contribution in [3.05, 3.63) is 47.1 Å². The van der Waals surface area contributed by atoms with Gasteiger partial charge in [0.05, 0.1) is 15.6 Å². The van der Waals surface area contributed by atoms with Crippen LogP contribution in [0.15, 0.2) is 41.4 Å². The Morgan fingerprint density at radius 1 is 1.25 bits per heavy atom. The second-order valence-electron chi connectivity index (χ2n) is 4.11. The maximum atomic E-state index is 12.2. The minimum absolute atomic E-state index is 0.0390. The van der Waals surface area contributed by atoms with E-state index < -0.39 is 10.0 Å². The van der Waals surface area contributed by atoms with Crippen molar-refractivity contribution in [2.45, 2.75) is 11.8 Å². The number of aromatic nitrogens is 1. The van der Waals surface area contributed by atoms with Crippen molar-refractivity contribution in [3.8, 4) is 0 Å². The fourth-order valence-electron chi connectivity index (χ4n) is 1.56. The van der Waals surface area contributed by atoms with Crippen LogP contribution in [0.2, 0.25) is 5.02 Å². The molecule has 0 aliphatic heterocycles. The number of benzene rings is 1. The number of halogens is 1. The van der Waals surface area contributed by atoms with Crippen molar-refractivity contribution >= 4 is 33.1 Å². The van der Waals surface area contributed by atoms with E-state index in [1.807, 2.05) is 6.92 Å². The summed E-state index contributed by atoms with van der Waals surface area (Å²) in [6, 6.07) is 7.75. The summed E-state index contributed by atoms with van der Waals surface area (Å²) in [6.07, 6.45) is 1.35. The molecule has 0 atom stereocenters. The van der Waals surface area contributed by atoms with Crippen molar-refractivity contribution in [2.24, 2.45) is 5.84 Å². The molecule has 1 aromatic heterocycles. The van der Waals surface area contributed by atoms with Gasteiger partial charge in [-0.05, 0) is 30.7 Å². The molecule has 0 aliphatic carbocycles. The Hall–Kier alpha value is -1.83. The molecular formula is C12H13ClN4O2S. The molecule has 20 heavy (non-hydrogen) atoms. The van der Waals surface area contributed by atoms with Crippen molar-refractivity contribution < 1.29 is 8.42 Å². The Bertz CT molecular complexity index is 734. The van der Waals surface area contributed by atoms with E-state index in [2.05, 4.69) is 15.1 Å². The van der Waals surface area contributed by atoms with Gasteiger partial charge in [0.25, 0.3) is 10.0 Å². The van der Waals surface area contributed by atoms with E-state index in [1.54, 1.807) is 18.2 Å². The molecular weight excluding hydrogens is 300 g/mol. The highest BCUT2D eigenvalue weighted by atomic mass is 35.5. The zero-order chi connectivity index (χ0) is 14.8. The lowest BCUT2D eigenvalue weighted by Gasteiger charge is -2.10. The summed E-state index contributed by atoms with van der Waals surface area (Å²) in [4.78, 5) is 3.89. The van der Waals surface area contributed by atoms with Gasteiger partial charge < -0.3 is 5.43 Å². The number of nitrogens with zero attached hydrogens (tertiary/aromatic N) is 1. The van der Waals surface area contributed by atoms with Crippen LogP contribution < -0.4 is 16.0 Å². The molecule has 6 nitrogen and oxygen atoms in total. The molecule has 1 aromatic carbocycles. The first-order valence-corrected chi connectivity index (χ1v) is 7.50. The van der Waals surface area contributed by atoms with Crippen LogP contribution >= 0.6 is 11.6 Å². The summed E-state index contributed by atoms with van der Waals surface area (Å²) in [6.45, 7) is 1.87. The summed E-state index contributed by atoms with van der Waals surface area (Å²) in [5, 5.41) is 0.333. The first-order valence-electron chi connectivity index (χ1n) is 5.64. The van der Waals surface area contributed by atoms with Gasteiger partial charge in [0, 0.05) is 12.3 Å². The average molecular weight is 313 g/mol. The number of anilines is 2. The third-order valence-corrected chi connectivity index (χ3v) is 4.23. The molecule has 0 saturated heterocycles. The minimum atomic E-state index is -3.75. The summed E-state index contributed by atoms with van der Waals surface area (Å²) in [7, 11) is -3.75. The Labute approximate surface area is 122 Å². The molecule has 2 rings (SSSR count). The molecule has 0 aliphatic rings. The lowest BCUT2D eigenvalue weighted by molar-refractivity contribution is 0.601. The summed E-state index contributed by atoms with van der Waals surface area (Å²) >= 11 is 6.01. The number of aryl methyl sites for hydroxylation is 1. The molecule has 0 spiro atoms. The number of nitrogens with one attached hydrogen (secondary N) is 2. The van der Waals surface area contributed by atoms with Crippen molar-refractivity contribution in [1.29, 1.82) is 0 Å². The highest BCUT2D eigenvalue weighted by molar-refractivity contribution is 7.92. The maximum Gasteiger partial charge on any atom is 0.262 e. The normalized spacial score (nSPS) is 11.2. The smallest absolute Gasteiger partial charge is 0.262 e. The van der Waals surface area contributed by atoms with Gasteiger partial charge in [-0.3, -0.25) is 4.72 Å². The fraction of sp³-hybridized carbons (Fsp3) is 0.0833. The standard InChI is InChI=1S/C12H13ClN4O2S/c1-8-2-3-11(10(13)6-8)17-20(18,19)9-4-5-15-12(7-9)16-14/h2-7,17H,14H2,1H3,(H,15,16). The molecule has 0 bridgehead atoms. The maximum absolute atomic E-state index is 12.2. The highest BCUT2D eigenvalue weighted by Crippen LogP contribution is 2.25. The number of nitrogens with two attached hydrogens (primary N) is 1. The third kappa shape index (κ3) is 3.19. The van der Waals surface area contributed by atoms with Crippen molar-refractivity contribution in [1.82, 2.24) is 4.98 Å². The predicted octanol–water partition coefficient (Wildman–Crippen LogP) is 2.13. The number of rotatable bonds is 4. The predicted molar refractivity (Wildman–Crippen MR) is 79.0 cm³/mol. The van der Waals surface area contributed by atoms with Crippen LogP contribution in [-0.4, -0.2) is 13.4 Å². The van der Waals surface area contributed by atoms with Gasteiger partial charge in [-0.15, -0.1) is 0 Å². The topological polar surface area (TPSA) is 97.1 Å². The van der Waals surface area contributed by atoms with Gasteiger partial charge in [0.2, 0.25) is 0 Å². The summed E-state index contributed by atoms with van der Waals surface area (Å²) in [5.74, 6) is 5.46. The number of nitrogen functional groups attached to an aromatic ring is 1. The second kappa shape index (κ2) is 5.66. The molecule has 0 unspecified atom stereocenters. The fourth-order valence-corrected chi connectivity index (χ4v) is 2.99. The third-order valence-electron chi connectivity index (χ3n) is 2.56. The first-order chi connectivity index (χ1) is 9.42. The van der Waals surface area contributed by atoms with Gasteiger partial charge in [-0.1, -0.05) is 17.7 Å². The quantitative estimate of drug-likeness (QED) is 0.593. The van der Waals surface area contributed by atoms with E-state index in [0.717, 1.165) is 5.56 Å². The van der Waals surface area contributed by atoms with Crippen LogP contribution in [-0.2, 0) is 10.0 Å². The van der Waals surface area contributed by atoms with Gasteiger partial charge >= 0.3 is 0 Å². The van der Waals surface area contributed by atoms with Crippen LogP contribution in [0.1, 0.15) is 5.56 Å². The van der Waals surface area contributed by atoms with E-state index in [-0.39, 0.29) is 10.7 Å². The van der Waals surface area contributed by atoms with E-state index in [9.17, 15) is 8.42 Å². The molecule has 2 aromatic rings. The largest absolute Gasteiger partial charge is 0.308 e. The monoisotopic (exact) mass is 312 g/mol. The Kier molecular flexibility index (Phi) is 4.12. The number of hydrogen-bond acceptors (Lipinski definition) is 5. The highest BCUT2D eigenvalue weighted by Gasteiger charge is 2.16. The molecule has 1 heterocycles. The Morgan fingerprint density at radius 2 is 2.00 bits per heavy atom. The molecule has 4 N–H and O–H groups in total. The molecule has 8 heteroatoms. The Balaban J connectivity index is 2.35. The average Bonchev–Trinajstić information content (AvgIpc) is 2.42. The number of pyridine rings is 1. The lowest BCUT2D eigenvalue weighted by atomic mass is 10.2. The van der Waals surface area contributed by atoms with Gasteiger partial charge in [-0.2, -0.15) is 0 Å². The van der Waals surface area contributed by atoms with Crippen molar-refractivity contribution in [3.63, 3.8) is 0 Å². The minimum Gasteiger partial charge on any atom is -0.308 e. The van der Waals surface area contributed by atoms with Crippen LogP contribution in [0.5, 0.6) is 0 Å². The van der Waals surface area contributed by atoms with Crippen molar-refractivity contribution in [2.75, 3.05) is 10.1 Å². The van der Waals surface area contributed by atoms with E-state index in [4.69, 9.17) is 17.4 Å². The molecule has 0 amide bonds. The van der Waals surface area contributed by atoms with Crippen LogP contribution in [0.4, 0.5) is 11.5 Å². The van der Waals surface area contributed by atoms with E-state index >= 15 is 0 Å². The van der Waals surface area contributed by atoms with Crippen LogP contribution in [0.25, 0.3) is 0 Å². The lowest BCUT2D eigenvalue weighted by Crippen LogP contribution is -2.15. The molecule has 0 fully saturated rings. The summed E-state index contributed by atoms with van der Waals surface area (Å²) < 4.78 is 26.9. The van der Waals surface area contributed by atoms with Crippen LogP contribution in [0.3, 0.4) is 0 Å². The number of sulfonamides is 1. The molecule has 0 radical (unpaired) electrons. The molecule has 0 saturated carbocycles. The number of hydrogen-bond donors (Lipinski definition) is 3. The second-order valence-corrected chi connectivity index (χ2v) is 6.20. The van der Waals surface area contributed by atoms with E-state index in [0.29, 0.717) is 10.7 Å². The van der Waals surface area contributed by atoms with Crippen LogP contribution in [0, 0.1) is 6.92 Å². The summed E-state index contributed by atoms with van der Waals surface area (Å²) in [5.41, 5.74) is 3.55. The molecule has 106 valence electrons.